The van der Waals surface area contributed by atoms with Crippen molar-refractivity contribution in [1.29, 1.82) is 0 Å². The van der Waals surface area contributed by atoms with Crippen molar-refractivity contribution in [3.8, 4) is 0 Å². The number of nitrogens with one attached hydrogen (secondary N) is 1. The molecule has 1 aromatic carbocycles. The fourth-order valence-electron chi connectivity index (χ4n) is 3.57. The van der Waals surface area contributed by atoms with Crippen LogP contribution in [0.4, 0.5) is 0 Å². The highest BCUT2D eigenvalue weighted by molar-refractivity contribution is 6.35. The molecule has 0 aliphatic carbocycles. The van der Waals surface area contributed by atoms with E-state index in [4.69, 9.17) is 16.7 Å². The van der Waals surface area contributed by atoms with Gasteiger partial charge in [0.1, 0.15) is 0 Å². The number of fused-ring (bicyclic) bond motifs is 1. The first-order chi connectivity index (χ1) is 11.1. The maximum absolute atomic E-state index is 10.5. The molecule has 2 N–H and O–H groups in total. The van der Waals surface area contributed by atoms with E-state index in [9.17, 15) is 4.79 Å². The van der Waals surface area contributed by atoms with Crippen LogP contribution in [0, 0.1) is 0 Å². The molecule has 3 rings (SSSR count). The van der Waals surface area contributed by atoms with Crippen LogP contribution in [0.1, 0.15) is 43.6 Å². The molecule has 5 heteroatoms. The third-order valence-corrected chi connectivity index (χ3v) is 5.14. The number of piperidine rings is 1. The lowest BCUT2D eigenvalue weighted by atomic mass is 9.89. The van der Waals surface area contributed by atoms with Gasteiger partial charge in [-0.2, -0.15) is 0 Å². The first kappa shape index (κ1) is 16.3. The van der Waals surface area contributed by atoms with Gasteiger partial charge < -0.3 is 15.0 Å². The second-order valence-electron chi connectivity index (χ2n) is 6.37. The predicted molar refractivity (Wildman–Crippen MR) is 93.2 cm³/mol. The first-order valence-electron chi connectivity index (χ1n) is 8.35. The number of hydrogen-bond donors (Lipinski definition) is 2. The Bertz CT molecular complexity index is 675. The highest BCUT2D eigenvalue weighted by Crippen LogP contribution is 2.36. The van der Waals surface area contributed by atoms with Crippen LogP contribution in [-0.4, -0.2) is 40.6 Å². The lowest BCUT2D eigenvalue weighted by molar-refractivity contribution is -0.137. The second-order valence-corrected chi connectivity index (χ2v) is 6.78. The summed E-state index contributed by atoms with van der Waals surface area (Å²) in [6.45, 7) is 3.17. The van der Waals surface area contributed by atoms with E-state index in [1.165, 1.54) is 10.9 Å². The van der Waals surface area contributed by atoms with E-state index in [0.29, 0.717) is 5.92 Å². The number of carboxylic acid groups (broad SMARTS) is 1. The summed E-state index contributed by atoms with van der Waals surface area (Å²) < 4.78 is 0. The quantitative estimate of drug-likeness (QED) is 0.776. The maximum atomic E-state index is 10.5. The third-order valence-electron chi connectivity index (χ3n) is 4.83. The van der Waals surface area contributed by atoms with Gasteiger partial charge in [0.15, 0.2) is 0 Å². The fourth-order valence-corrected chi connectivity index (χ4v) is 3.85. The van der Waals surface area contributed by atoms with E-state index in [1.54, 1.807) is 0 Å². The lowest BCUT2D eigenvalue weighted by Gasteiger charge is -2.32. The average Bonchev–Trinajstić information content (AvgIpc) is 2.97. The Kier molecular flexibility index (Phi) is 5.23. The van der Waals surface area contributed by atoms with Crippen molar-refractivity contribution in [3.05, 3.63) is 35.0 Å². The summed E-state index contributed by atoms with van der Waals surface area (Å²) in [5.41, 5.74) is 2.46. The van der Waals surface area contributed by atoms with Crippen LogP contribution >= 0.6 is 11.6 Å². The van der Waals surface area contributed by atoms with Crippen molar-refractivity contribution in [2.75, 3.05) is 19.6 Å². The number of aliphatic carboxylic acids is 1. The van der Waals surface area contributed by atoms with Gasteiger partial charge in [-0.05, 0) is 68.9 Å². The number of aromatic nitrogens is 1. The van der Waals surface area contributed by atoms with Crippen molar-refractivity contribution in [1.82, 2.24) is 9.88 Å². The molecular weight excluding hydrogens is 312 g/mol. The number of hydrogen-bond acceptors (Lipinski definition) is 2. The van der Waals surface area contributed by atoms with E-state index in [1.807, 2.05) is 12.1 Å². The number of benzene rings is 1. The van der Waals surface area contributed by atoms with E-state index in [0.717, 1.165) is 55.9 Å². The molecule has 0 unspecified atom stereocenters. The highest BCUT2D eigenvalue weighted by Gasteiger charge is 2.23. The van der Waals surface area contributed by atoms with Crippen LogP contribution in [0.2, 0.25) is 5.02 Å². The summed E-state index contributed by atoms with van der Waals surface area (Å²) in [5, 5.41) is 10.7. The molecule has 23 heavy (non-hydrogen) atoms. The van der Waals surface area contributed by atoms with Crippen molar-refractivity contribution in [3.63, 3.8) is 0 Å². The summed E-state index contributed by atoms with van der Waals surface area (Å²) in [7, 11) is 0. The second kappa shape index (κ2) is 7.37. The average molecular weight is 335 g/mol. The van der Waals surface area contributed by atoms with E-state index >= 15 is 0 Å². The predicted octanol–water partition coefficient (Wildman–Crippen LogP) is 4.26. The molecule has 0 bridgehead atoms. The van der Waals surface area contributed by atoms with Crippen LogP contribution in [0.5, 0.6) is 0 Å². The summed E-state index contributed by atoms with van der Waals surface area (Å²) in [5.74, 6) is -0.140. The van der Waals surface area contributed by atoms with Gasteiger partial charge in [0, 0.05) is 23.5 Å². The molecule has 1 fully saturated rings. The third kappa shape index (κ3) is 3.88. The first-order valence-corrected chi connectivity index (χ1v) is 8.72. The van der Waals surface area contributed by atoms with E-state index in [-0.39, 0.29) is 6.42 Å². The zero-order valence-electron chi connectivity index (χ0n) is 13.2. The SMILES string of the molecule is O=C(O)CCCCN1CCC(c2c[nH]c3cccc(Cl)c23)CC1. The molecule has 0 radical (unpaired) electrons. The fraction of sp³-hybridized carbons (Fsp3) is 0.500. The molecular formula is C18H23ClN2O2. The Balaban J connectivity index is 1.55. The molecule has 1 aliphatic heterocycles. The summed E-state index contributed by atoms with van der Waals surface area (Å²) in [4.78, 5) is 16.3. The van der Waals surface area contributed by atoms with Gasteiger partial charge >= 0.3 is 5.97 Å². The topological polar surface area (TPSA) is 56.3 Å². The molecule has 0 amide bonds. The van der Waals surface area contributed by atoms with Gasteiger partial charge in [-0.1, -0.05) is 17.7 Å². The van der Waals surface area contributed by atoms with Gasteiger partial charge in [0.2, 0.25) is 0 Å². The Morgan fingerprint density at radius 3 is 2.83 bits per heavy atom. The number of unbranched alkanes of at least 4 members (excludes halogenated alkanes) is 1. The number of halogens is 1. The van der Waals surface area contributed by atoms with Crippen LogP contribution in [0.15, 0.2) is 24.4 Å². The van der Waals surface area contributed by atoms with Gasteiger partial charge in [-0.15, -0.1) is 0 Å². The molecule has 2 aromatic rings. The highest BCUT2D eigenvalue weighted by atomic mass is 35.5. The van der Waals surface area contributed by atoms with Crippen LogP contribution in [0.3, 0.4) is 0 Å². The summed E-state index contributed by atoms with van der Waals surface area (Å²) in [6.07, 6.45) is 6.41. The van der Waals surface area contributed by atoms with Crippen LogP contribution < -0.4 is 0 Å². The minimum absolute atomic E-state index is 0.282. The number of likely N-dealkylation sites (tertiary alicyclic amines) is 1. The summed E-state index contributed by atoms with van der Waals surface area (Å²) >= 11 is 6.38. The number of carboxylic acids is 1. The largest absolute Gasteiger partial charge is 0.481 e. The van der Waals surface area contributed by atoms with Crippen LogP contribution in [-0.2, 0) is 4.79 Å². The normalized spacial score (nSPS) is 16.9. The van der Waals surface area contributed by atoms with Crippen molar-refractivity contribution >= 4 is 28.5 Å². The number of H-pyrrole nitrogens is 1. The van der Waals surface area contributed by atoms with Gasteiger partial charge in [-0.3, -0.25) is 4.79 Å². The molecule has 124 valence electrons. The lowest BCUT2D eigenvalue weighted by Crippen LogP contribution is -2.33. The van der Waals surface area contributed by atoms with Crippen molar-refractivity contribution in [2.45, 2.75) is 38.0 Å². The molecule has 0 atom stereocenters. The molecule has 1 aromatic heterocycles. The standard InChI is InChI=1S/C18H23ClN2O2/c19-15-4-3-5-16-18(15)14(12-20-16)13-7-10-21(11-8-13)9-2-1-6-17(22)23/h3-5,12-13,20H,1-2,6-11H2,(H,22,23). The Morgan fingerprint density at radius 1 is 1.30 bits per heavy atom. The zero-order valence-corrected chi connectivity index (χ0v) is 14.0. The Hall–Kier alpha value is -1.52. The van der Waals surface area contributed by atoms with Gasteiger partial charge in [0.05, 0.1) is 5.02 Å². The molecule has 0 spiro atoms. The smallest absolute Gasteiger partial charge is 0.303 e. The Labute approximate surface area is 141 Å². The number of carbonyl (C=O) groups is 1. The number of rotatable bonds is 6. The molecule has 1 aliphatic rings. The van der Waals surface area contributed by atoms with E-state index in [2.05, 4.69) is 22.1 Å². The molecule has 1 saturated heterocycles. The monoisotopic (exact) mass is 334 g/mol. The summed E-state index contributed by atoms with van der Waals surface area (Å²) in [6, 6.07) is 6.01. The number of nitrogens with zero attached hydrogens (tertiary/aromatic N) is 1. The zero-order chi connectivity index (χ0) is 16.2. The van der Waals surface area contributed by atoms with Gasteiger partial charge in [0.25, 0.3) is 0 Å². The number of aromatic amines is 1. The van der Waals surface area contributed by atoms with Crippen LogP contribution in [0.25, 0.3) is 10.9 Å². The molecule has 4 nitrogen and oxygen atoms in total. The molecule has 2 heterocycles. The van der Waals surface area contributed by atoms with E-state index < -0.39 is 5.97 Å². The van der Waals surface area contributed by atoms with Crippen molar-refractivity contribution in [2.24, 2.45) is 0 Å². The van der Waals surface area contributed by atoms with Crippen molar-refractivity contribution < 1.29 is 9.90 Å². The minimum atomic E-state index is -0.695. The van der Waals surface area contributed by atoms with Gasteiger partial charge in [-0.25, -0.2) is 0 Å². The molecule has 0 saturated carbocycles. The maximum Gasteiger partial charge on any atom is 0.303 e. The Morgan fingerprint density at radius 2 is 2.09 bits per heavy atom. The minimum Gasteiger partial charge on any atom is -0.481 e.